The number of fused-ring (bicyclic) bond motifs is 1. The van der Waals surface area contributed by atoms with Gasteiger partial charge in [0.05, 0.1) is 18.1 Å². The van der Waals surface area contributed by atoms with E-state index in [0.717, 1.165) is 6.20 Å². The molecule has 0 aliphatic heterocycles. The first-order valence-corrected chi connectivity index (χ1v) is 7.25. The van der Waals surface area contributed by atoms with Gasteiger partial charge in [-0.05, 0) is 18.2 Å². The largest absolute Gasteiger partial charge is 0.242 e. The zero-order chi connectivity index (χ0) is 16.5. The van der Waals surface area contributed by atoms with Crippen LogP contribution in [0.4, 0.5) is 8.78 Å². The van der Waals surface area contributed by atoms with Gasteiger partial charge in [0, 0.05) is 18.0 Å². The lowest BCUT2D eigenvalue weighted by Gasteiger charge is -2.04. The highest BCUT2D eigenvalue weighted by Gasteiger charge is 2.17. The van der Waals surface area contributed by atoms with E-state index in [0.29, 0.717) is 28.1 Å². The second-order valence-electron chi connectivity index (χ2n) is 5.19. The first-order chi connectivity index (χ1) is 11.7. The Kier molecular flexibility index (Phi) is 3.45. The van der Waals surface area contributed by atoms with Crippen molar-refractivity contribution < 1.29 is 8.78 Å². The molecule has 3 aromatic heterocycles. The predicted octanol–water partition coefficient (Wildman–Crippen LogP) is 3.21. The number of nitrogens with zero attached hydrogens (tertiary/aromatic N) is 5. The Morgan fingerprint density at radius 3 is 2.54 bits per heavy atom. The van der Waals surface area contributed by atoms with Crippen molar-refractivity contribution in [2.45, 2.75) is 6.54 Å². The van der Waals surface area contributed by atoms with Crippen molar-refractivity contribution in [1.29, 1.82) is 0 Å². The van der Waals surface area contributed by atoms with Crippen molar-refractivity contribution in [2.75, 3.05) is 0 Å². The number of benzene rings is 1. The molecule has 0 saturated heterocycles. The molecule has 0 N–H and O–H groups in total. The van der Waals surface area contributed by atoms with E-state index in [1.54, 1.807) is 36.7 Å². The predicted molar refractivity (Wildman–Crippen MR) is 84.0 cm³/mol. The van der Waals surface area contributed by atoms with Gasteiger partial charge in [-0.3, -0.25) is 0 Å². The minimum absolute atomic E-state index is 0.175. The summed E-state index contributed by atoms with van der Waals surface area (Å²) in [6.07, 6.45) is 4.27. The molecule has 7 heteroatoms. The number of hydrogen-bond donors (Lipinski definition) is 0. The van der Waals surface area contributed by atoms with E-state index in [2.05, 4.69) is 20.1 Å². The molecule has 3 heterocycles. The second-order valence-corrected chi connectivity index (χ2v) is 5.19. The quantitative estimate of drug-likeness (QED) is 0.581. The van der Waals surface area contributed by atoms with Crippen molar-refractivity contribution in [3.8, 4) is 11.5 Å². The zero-order valence-corrected chi connectivity index (χ0v) is 12.4. The van der Waals surface area contributed by atoms with E-state index in [1.165, 1.54) is 16.8 Å². The average Bonchev–Trinajstić information content (AvgIpc) is 2.95. The monoisotopic (exact) mass is 323 g/mol. The third-order valence-electron chi connectivity index (χ3n) is 3.61. The van der Waals surface area contributed by atoms with Gasteiger partial charge in [0.15, 0.2) is 11.5 Å². The van der Waals surface area contributed by atoms with Gasteiger partial charge in [0.2, 0.25) is 0 Å². The van der Waals surface area contributed by atoms with Crippen LogP contribution in [0.15, 0.2) is 55.0 Å². The van der Waals surface area contributed by atoms with Crippen molar-refractivity contribution >= 4 is 11.0 Å². The summed E-state index contributed by atoms with van der Waals surface area (Å²) >= 11 is 0. The minimum atomic E-state index is -0.481. The lowest BCUT2D eigenvalue weighted by Crippen LogP contribution is -2.04. The Bertz CT molecular complexity index is 1010. The van der Waals surface area contributed by atoms with Crippen LogP contribution in [-0.2, 0) is 6.54 Å². The molecular formula is C17H11F2N5. The van der Waals surface area contributed by atoms with Gasteiger partial charge in [-0.15, -0.1) is 0 Å². The SMILES string of the molecule is Fc1cnc2c(c1)c(-c1ncccn1)nn2Cc1ccccc1F. The molecule has 4 aromatic rings. The standard InChI is InChI=1S/C17H11F2N5/c18-12-8-13-15(16-20-6-3-7-21-16)23-24(17(13)22-9-12)10-11-4-1-2-5-14(11)19/h1-9H,10H2. The van der Waals surface area contributed by atoms with E-state index >= 15 is 0 Å². The van der Waals surface area contributed by atoms with Crippen molar-refractivity contribution in [3.05, 3.63) is 72.2 Å². The molecule has 118 valence electrons. The molecule has 0 aliphatic rings. The van der Waals surface area contributed by atoms with Crippen LogP contribution in [0.25, 0.3) is 22.6 Å². The van der Waals surface area contributed by atoms with Gasteiger partial charge < -0.3 is 0 Å². The normalized spacial score (nSPS) is 11.1. The van der Waals surface area contributed by atoms with Gasteiger partial charge in [0.25, 0.3) is 0 Å². The summed E-state index contributed by atoms with van der Waals surface area (Å²) in [4.78, 5) is 12.4. The molecule has 1 aromatic carbocycles. The third kappa shape index (κ3) is 2.50. The fourth-order valence-corrected chi connectivity index (χ4v) is 2.52. The van der Waals surface area contributed by atoms with Gasteiger partial charge in [-0.25, -0.2) is 28.4 Å². The first-order valence-electron chi connectivity index (χ1n) is 7.25. The summed E-state index contributed by atoms with van der Waals surface area (Å²) in [6, 6.07) is 9.44. The van der Waals surface area contributed by atoms with Crippen LogP contribution in [0.3, 0.4) is 0 Å². The lowest BCUT2D eigenvalue weighted by molar-refractivity contribution is 0.588. The molecule has 0 saturated carbocycles. The van der Waals surface area contributed by atoms with Gasteiger partial charge >= 0.3 is 0 Å². The maximum atomic E-state index is 13.9. The van der Waals surface area contributed by atoms with Crippen LogP contribution in [0.1, 0.15) is 5.56 Å². The van der Waals surface area contributed by atoms with Crippen LogP contribution in [0.2, 0.25) is 0 Å². The Morgan fingerprint density at radius 1 is 0.958 bits per heavy atom. The number of pyridine rings is 1. The maximum Gasteiger partial charge on any atom is 0.180 e. The fraction of sp³-hybridized carbons (Fsp3) is 0.0588. The van der Waals surface area contributed by atoms with E-state index in [-0.39, 0.29) is 12.4 Å². The van der Waals surface area contributed by atoms with Crippen LogP contribution in [0.5, 0.6) is 0 Å². The van der Waals surface area contributed by atoms with Crippen molar-refractivity contribution in [3.63, 3.8) is 0 Å². The van der Waals surface area contributed by atoms with E-state index in [1.807, 2.05) is 0 Å². The van der Waals surface area contributed by atoms with Crippen LogP contribution in [0, 0.1) is 11.6 Å². The molecular weight excluding hydrogens is 312 g/mol. The highest BCUT2D eigenvalue weighted by Crippen LogP contribution is 2.25. The Morgan fingerprint density at radius 2 is 1.75 bits per heavy atom. The smallest absolute Gasteiger partial charge is 0.180 e. The maximum absolute atomic E-state index is 13.9. The summed E-state index contributed by atoms with van der Waals surface area (Å²) in [5, 5.41) is 4.92. The fourth-order valence-electron chi connectivity index (χ4n) is 2.52. The molecule has 0 bridgehead atoms. The van der Waals surface area contributed by atoms with Crippen LogP contribution in [-0.4, -0.2) is 24.7 Å². The number of halogens is 2. The Labute approximate surface area is 135 Å². The molecule has 0 atom stereocenters. The molecule has 4 rings (SSSR count). The van der Waals surface area contributed by atoms with E-state index in [9.17, 15) is 8.78 Å². The Hall–Kier alpha value is -3.22. The number of hydrogen-bond acceptors (Lipinski definition) is 4. The minimum Gasteiger partial charge on any atom is -0.242 e. The zero-order valence-electron chi connectivity index (χ0n) is 12.4. The highest BCUT2D eigenvalue weighted by molar-refractivity contribution is 5.89. The summed E-state index contributed by atoms with van der Waals surface area (Å²) in [5.41, 5.74) is 1.32. The van der Waals surface area contributed by atoms with Gasteiger partial charge in [0.1, 0.15) is 17.3 Å². The molecule has 0 amide bonds. The molecule has 0 radical (unpaired) electrons. The lowest BCUT2D eigenvalue weighted by atomic mass is 10.2. The highest BCUT2D eigenvalue weighted by atomic mass is 19.1. The molecule has 24 heavy (non-hydrogen) atoms. The van der Waals surface area contributed by atoms with Gasteiger partial charge in [-0.2, -0.15) is 5.10 Å². The molecule has 0 unspecified atom stereocenters. The van der Waals surface area contributed by atoms with Crippen molar-refractivity contribution in [2.24, 2.45) is 0 Å². The molecule has 0 spiro atoms. The second kappa shape index (κ2) is 5.77. The van der Waals surface area contributed by atoms with Crippen molar-refractivity contribution in [1.82, 2.24) is 24.7 Å². The topological polar surface area (TPSA) is 56.5 Å². The summed E-state index contributed by atoms with van der Waals surface area (Å²) in [5.74, 6) is -0.451. The van der Waals surface area contributed by atoms with E-state index in [4.69, 9.17) is 0 Å². The molecule has 5 nitrogen and oxygen atoms in total. The summed E-state index contributed by atoms with van der Waals surface area (Å²) in [7, 11) is 0. The Balaban J connectivity index is 1.89. The summed E-state index contributed by atoms with van der Waals surface area (Å²) in [6.45, 7) is 0.175. The van der Waals surface area contributed by atoms with Crippen LogP contribution < -0.4 is 0 Å². The average molecular weight is 323 g/mol. The van der Waals surface area contributed by atoms with E-state index < -0.39 is 5.82 Å². The van der Waals surface area contributed by atoms with Crippen LogP contribution >= 0.6 is 0 Å². The number of rotatable bonds is 3. The van der Waals surface area contributed by atoms with Gasteiger partial charge in [-0.1, -0.05) is 18.2 Å². The number of aromatic nitrogens is 5. The first kappa shape index (κ1) is 14.4. The third-order valence-corrected chi connectivity index (χ3v) is 3.61. The molecule has 0 aliphatic carbocycles. The molecule has 0 fully saturated rings. The summed E-state index contributed by atoms with van der Waals surface area (Å²) < 4.78 is 29.1.